The van der Waals surface area contributed by atoms with E-state index in [1.54, 1.807) is 74.7 Å². The van der Waals surface area contributed by atoms with Crippen molar-refractivity contribution in [1.82, 2.24) is 4.98 Å². The molecule has 8 heteroatoms. The number of allylic oxidation sites excluding steroid dienone is 1. The number of rotatable bonds is 8. The Hall–Kier alpha value is -4.72. The summed E-state index contributed by atoms with van der Waals surface area (Å²) < 4.78 is 10.3. The largest absolute Gasteiger partial charge is 0.497 e. The second-order valence-electron chi connectivity index (χ2n) is 7.85. The van der Waals surface area contributed by atoms with E-state index < -0.39 is 17.8 Å². The number of nitrogens with one attached hydrogen (secondary N) is 1. The van der Waals surface area contributed by atoms with Crippen molar-refractivity contribution in [2.24, 2.45) is 0 Å². The van der Waals surface area contributed by atoms with Crippen molar-refractivity contribution < 1.29 is 29.0 Å². The second-order valence-corrected chi connectivity index (χ2v) is 7.85. The number of aromatic nitrogens is 1. The molecular formula is C28H26N2O6. The number of aryl methyl sites for hydroxylation is 1. The first-order valence-corrected chi connectivity index (χ1v) is 11.0. The summed E-state index contributed by atoms with van der Waals surface area (Å²) in [4.78, 5) is 42.0. The zero-order valence-corrected chi connectivity index (χ0v) is 20.4. The summed E-state index contributed by atoms with van der Waals surface area (Å²) in [6.45, 7) is 3.47. The smallest absolute Gasteiger partial charge is 0.338 e. The Labute approximate surface area is 208 Å². The second kappa shape index (κ2) is 11.6. The lowest BCUT2D eigenvalue weighted by atomic mass is 9.93. The van der Waals surface area contributed by atoms with Crippen LogP contribution in [0.4, 0.5) is 5.69 Å². The highest BCUT2D eigenvalue weighted by Gasteiger charge is 2.25. The molecule has 8 nitrogen and oxygen atoms in total. The van der Waals surface area contributed by atoms with Gasteiger partial charge in [0.15, 0.2) is 0 Å². The van der Waals surface area contributed by atoms with Gasteiger partial charge in [0.05, 0.1) is 30.9 Å². The molecule has 0 unspecified atom stereocenters. The molecule has 36 heavy (non-hydrogen) atoms. The van der Waals surface area contributed by atoms with Crippen molar-refractivity contribution in [1.29, 1.82) is 0 Å². The minimum absolute atomic E-state index is 0.0340. The number of carbonyl (C=O) groups excluding carboxylic acids is 2. The van der Waals surface area contributed by atoms with Crippen molar-refractivity contribution in [2.45, 2.75) is 13.8 Å². The minimum atomic E-state index is -1.07. The number of carboxylic acid groups (broad SMARTS) is 1. The molecule has 0 spiro atoms. The number of pyridine rings is 1. The number of carbonyl (C=O) groups is 3. The Morgan fingerprint density at radius 1 is 0.972 bits per heavy atom. The Balaban J connectivity index is 2.20. The van der Waals surface area contributed by atoms with Gasteiger partial charge in [0, 0.05) is 17.6 Å². The first-order valence-electron chi connectivity index (χ1n) is 11.0. The molecule has 184 valence electrons. The van der Waals surface area contributed by atoms with E-state index in [1.165, 1.54) is 26.4 Å². The predicted octanol–water partition coefficient (Wildman–Crippen LogP) is 4.77. The fourth-order valence-electron chi connectivity index (χ4n) is 3.55. The van der Waals surface area contributed by atoms with Gasteiger partial charge in [0.2, 0.25) is 0 Å². The summed E-state index contributed by atoms with van der Waals surface area (Å²) in [6, 6.07) is 16.4. The van der Waals surface area contributed by atoms with E-state index in [0.717, 1.165) is 0 Å². The topological polar surface area (TPSA) is 115 Å². The Bertz CT molecular complexity index is 1360. The zero-order valence-electron chi connectivity index (χ0n) is 20.4. The van der Waals surface area contributed by atoms with Crippen LogP contribution < -0.4 is 10.1 Å². The molecular weight excluding hydrogens is 460 g/mol. The number of nitrogens with zero attached hydrogens (tertiary/aromatic N) is 1. The quantitative estimate of drug-likeness (QED) is 0.268. The standard InChI is InChI=1S/C28H26N2O6/c1-17-14-22(12-13-29-17)30-26(31)24(16-19-6-5-7-23(15-19)35-3)25(28(34)36-4)18(2)20-8-10-21(11-9-20)27(32)33/h5-16H,1-4H3,(H,32,33)(H,29,30,31). The molecule has 0 saturated carbocycles. The van der Waals surface area contributed by atoms with Crippen LogP contribution in [-0.4, -0.2) is 42.2 Å². The van der Waals surface area contributed by atoms with Crippen LogP contribution in [0.15, 0.2) is 78.0 Å². The van der Waals surface area contributed by atoms with Crippen LogP contribution in [0.25, 0.3) is 11.6 Å². The van der Waals surface area contributed by atoms with E-state index in [1.807, 2.05) is 0 Å². The van der Waals surface area contributed by atoms with Gasteiger partial charge < -0.3 is 19.9 Å². The van der Waals surface area contributed by atoms with E-state index in [0.29, 0.717) is 33.8 Å². The molecule has 0 aliphatic rings. The molecule has 0 bridgehead atoms. The van der Waals surface area contributed by atoms with Crippen LogP contribution in [0.2, 0.25) is 0 Å². The van der Waals surface area contributed by atoms with Gasteiger partial charge in [-0.15, -0.1) is 0 Å². The highest BCUT2D eigenvalue weighted by atomic mass is 16.5. The average molecular weight is 487 g/mol. The lowest BCUT2D eigenvalue weighted by Gasteiger charge is -2.16. The Morgan fingerprint density at radius 3 is 2.28 bits per heavy atom. The maximum absolute atomic E-state index is 13.6. The van der Waals surface area contributed by atoms with E-state index in [4.69, 9.17) is 9.47 Å². The molecule has 1 heterocycles. The minimum Gasteiger partial charge on any atom is -0.497 e. The van der Waals surface area contributed by atoms with Crippen LogP contribution >= 0.6 is 0 Å². The molecule has 1 amide bonds. The zero-order chi connectivity index (χ0) is 26.2. The molecule has 0 radical (unpaired) electrons. The number of methoxy groups -OCH3 is 2. The number of amides is 1. The van der Waals surface area contributed by atoms with Crippen molar-refractivity contribution in [2.75, 3.05) is 19.5 Å². The third-order valence-electron chi connectivity index (χ3n) is 5.40. The van der Waals surface area contributed by atoms with Gasteiger partial charge in [-0.05, 0) is 73.0 Å². The molecule has 3 rings (SSSR count). The van der Waals surface area contributed by atoms with Gasteiger partial charge in [-0.2, -0.15) is 0 Å². The fraction of sp³-hybridized carbons (Fsp3) is 0.143. The van der Waals surface area contributed by atoms with Crippen LogP contribution in [0, 0.1) is 6.92 Å². The molecule has 0 aliphatic carbocycles. The van der Waals surface area contributed by atoms with Gasteiger partial charge in [-0.25, -0.2) is 9.59 Å². The maximum Gasteiger partial charge on any atom is 0.338 e. The third-order valence-corrected chi connectivity index (χ3v) is 5.40. The first-order chi connectivity index (χ1) is 17.2. The fourth-order valence-corrected chi connectivity index (χ4v) is 3.55. The molecule has 0 aliphatic heterocycles. The monoisotopic (exact) mass is 486 g/mol. The maximum atomic E-state index is 13.6. The number of esters is 1. The van der Waals surface area contributed by atoms with E-state index >= 15 is 0 Å². The Kier molecular flexibility index (Phi) is 8.35. The number of benzene rings is 2. The van der Waals surface area contributed by atoms with Crippen molar-refractivity contribution >= 4 is 35.2 Å². The summed E-state index contributed by atoms with van der Waals surface area (Å²) in [5, 5.41) is 12.0. The van der Waals surface area contributed by atoms with E-state index in [-0.39, 0.29) is 16.7 Å². The van der Waals surface area contributed by atoms with Crippen molar-refractivity contribution in [3.05, 3.63) is 100 Å². The highest BCUT2D eigenvalue weighted by Crippen LogP contribution is 2.28. The van der Waals surface area contributed by atoms with Crippen molar-refractivity contribution in [3.63, 3.8) is 0 Å². The van der Waals surface area contributed by atoms with Crippen LogP contribution in [0.3, 0.4) is 0 Å². The van der Waals surface area contributed by atoms with E-state index in [2.05, 4.69) is 10.3 Å². The third kappa shape index (κ3) is 6.24. The molecule has 2 aromatic carbocycles. The normalized spacial score (nSPS) is 11.8. The summed E-state index contributed by atoms with van der Waals surface area (Å²) in [5.41, 5.74) is 3.04. The molecule has 0 atom stereocenters. The SMILES string of the molecule is COC(=O)C(C(=Cc1cccc(OC)c1)C(=O)Nc1ccnc(C)c1)=C(C)c1ccc(C(=O)O)cc1. The summed E-state index contributed by atoms with van der Waals surface area (Å²) >= 11 is 0. The number of aromatic carboxylic acids is 1. The van der Waals surface area contributed by atoms with Gasteiger partial charge in [-0.1, -0.05) is 24.3 Å². The van der Waals surface area contributed by atoms with Crippen molar-refractivity contribution in [3.8, 4) is 5.75 Å². The van der Waals surface area contributed by atoms with Gasteiger partial charge in [-0.3, -0.25) is 9.78 Å². The molecule has 3 aromatic rings. The summed E-state index contributed by atoms with van der Waals surface area (Å²) in [5.74, 6) is -1.74. The van der Waals surface area contributed by atoms with Crippen LogP contribution in [-0.2, 0) is 14.3 Å². The van der Waals surface area contributed by atoms with Gasteiger partial charge >= 0.3 is 11.9 Å². The van der Waals surface area contributed by atoms with E-state index in [9.17, 15) is 19.5 Å². The number of anilines is 1. The molecule has 2 N–H and O–H groups in total. The summed E-state index contributed by atoms with van der Waals surface area (Å²) in [7, 11) is 2.77. The number of ether oxygens (including phenoxy) is 2. The number of hydrogen-bond donors (Lipinski definition) is 2. The number of carboxylic acids is 1. The number of hydrogen-bond acceptors (Lipinski definition) is 6. The lowest BCUT2D eigenvalue weighted by molar-refractivity contribution is -0.136. The average Bonchev–Trinajstić information content (AvgIpc) is 2.88. The predicted molar refractivity (Wildman–Crippen MR) is 137 cm³/mol. The van der Waals surface area contributed by atoms with Crippen LogP contribution in [0.5, 0.6) is 5.75 Å². The molecule has 0 fully saturated rings. The summed E-state index contributed by atoms with van der Waals surface area (Å²) in [6.07, 6.45) is 3.15. The molecule has 0 saturated heterocycles. The Morgan fingerprint density at radius 2 is 1.67 bits per heavy atom. The van der Waals surface area contributed by atoms with Gasteiger partial charge in [0.1, 0.15) is 5.75 Å². The molecule has 1 aromatic heterocycles. The van der Waals surface area contributed by atoms with Gasteiger partial charge in [0.25, 0.3) is 5.91 Å². The lowest BCUT2D eigenvalue weighted by Crippen LogP contribution is -2.21. The van der Waals surface area contributed by atoms with Crippen LogP contribution in [0.1, 0.15) is 34.1 Å². The first kappa shape index (κ1) is 25.9. The highest BCUT2D eigenvalue weighted by molar-refractivity contribution is 6.19.